The third-order valence-corrected chi connectivity index (χ3v) is 3.17. The Morgan fingerprint density at radius 3 is 3.00 bits per heavy atom. The van der Waals surface area contributed by atoms with Crippen molar-refractivity contribution in [2.75, 3.05) is 6.61 Å². The van der Waals surface area contributed by atoms with Crippen LogP contribution in [0.1, 0.15) is 38.8 Å². The van der Waals surface area contributed by atoms with Gasteiger partial charge in [0.2, 0.25) is 0 Å². The summed E-state index contributed by atoms with van der Waals surface area (Å²) >= 11 is 2.25. The highest BCUT2D eigenvalue weighted by Crippen LogP contribution is 2.01. The van der Waals surface area contributed by atoms with Crippen LogP contribution in [-0.4, -0.2) is 21.1 Å². The highest BCUT2D eigenvalue weighted by molar-refractivity contribution is 14.1. The second-order valence-electron chi connectivity index (χ2n) is 4.02. The van der Waals surface area contributed by atoms with Gasteiger partial charge in [0.1, 0.15) is 0 Å². The van der Waals surface area contributed by atoms with Gasteiger partial charge < -0.3 is 14.4 Å². The molecule has 0 radical (unpaired) electrons. The predicted octanol–water partition coefficient (Wildman–Crippen LogP) is 2.62. The average molecular weight is 349 g/mol. The van der Waals surface area contributed by atoms with E-state index < -0.39 is 0 Å². The molecular weight excluding hydrogens is 328 g/mol. The Hall–Kier alpha value is -0.0751. The quantitative estimate of drug-likeness (QED) is 0.550. The van der Waals surface area contributed by atoms with Crippen LogP contribution in [0.3, 0.4) is 0 Å². The van der Waals surface area contributed by atoms with Gasteiger partial charge in [0, 0.05) is 25.9 Å². The molecule has 0 unspecified atom stereocenters. The largest absolute Gasteiger partial charge is 0.454 e. The molecule has 0 fully saturated rings. The molecule has 1 aromatic heterocycles. The summed E-state index contributed by atoms with van der Waals surface area (Å²) in [6.45, 7) is 6.93. The number of imidazole rings is 1. The molecule has 0 aliphatic carbocycles. The zero-order chi connectivity index (χ0) is 12.5. The van der Waals surface area contributed by atoms with Gasteiger partial charge in [-0.05, 0) is 12.8 Å². The molecule has 1 heterocycles. The lowest BCUT2D eigenvalue weighted by Gasteiger charge is -2.07. The lowest BCUT2D eigenvalue weighted by molar-refractivity contribution is 0.325. The van der Waals surface area contributed by atoms with Crippen LogP contribution in [0.4, 0.5) is 0 Å². The minimum Gasteiger partial charge on any atom is -0.413 e. The first-order valence-electron chi connectivity index (χ1n) is 6.26. The standard InChI is InChI=1S/C11H21BIN3O/c1-3-5-6-16-9-11(14-10-16)8-15-12(13)17-7-4-2/h9-10,15H,3-8H2,1-2H3. The molecule has 1 aromatic rings. The van der Waals surface area contributed by atoms with Crippen LogP contribution in [0.2, 0.25) is 0 Å². The summed E-state index contributed by atoms with van der Waals surface area (Å²) in [5, 5.41) is 3.29. The lowest BCUT2D eigenvalue weighted by Crippen LogP contribution is -2.31. The smallest absolute Gasteiger partial charge is 0.413 e. The maximum atomic E-state index is 5.53. The minimum atomic E-state index is 0.0633. The third kappa shape index (κ3) is 6.42. The molecule has 0 aliphatic rings. The van der Waals surface area contributed by atoms with E-state index in [-0.39, 0.29) is 4.91 Å². The van der Waals surface area contributed by atoms with Gasteiger partial charge in [-0.15, -0.1) is 0 Å². The van der Waals surface area contributed by atoms with Crippen molar-refractivity contribution in [1.82, 2.24) is 14.8 Å². The molecule has 0 saturated heterocycles. The van der Waals surface area contributed by atoms with E-state index in [1.54, 1.807) is 0 Å². The van der Waals surface area contributed by atoms with E-state index in [0.717, 1.165) is 31.8 Å². The third-order valence-electron chi connectivity index (χ3n) is 2.37. The summed E-state index contributed by atoms with van der Waals surface area (Å²) in [5.74, 6) is 0. The molecule has 0 bridgehead atoms. The van der Waals surface area contributed by atoms with Gasteiger partial charge in [0.25, 0.3) is 0 Å². The highest BCUT2D eigenvalue weighted by atomic mass is 127. The van der Waals surface area contributed by atoms with Gasteiger partial charge in [-0.25, -0.2) is 4.98 Å². The van der Waals surface area contributed by atoms with Crippen molar-refractivity contribution in [3.05, 3.63) is 18.2 Å². The first kappa shape index (κ1) is 15.0. The topological polar surface area (TPSA) is 39.1 Å². The Morgan fingerprint density at radius 1 is 1.47 bits per heavy atom. The van der Waals surface area contributed by atoms with E-state index in [2.05, 4.69) is 57.2 Å². The first-order valence-corrected chi connectivity index (χ1v) is 7.50. The Balaban J connectivity index is 2.24. The Morgan fingerprint density at radius 2 is 2.29 bits per heavy atom. The number of hydrogen-bond donors (Lipinski definition) is 1. The monoisotopic (exact) mass is 349 g/mol. The van der Waals surface area contributed by atoms with Crippen molar-refractivity contribution in [2.24, 2.45) is 0 Å². The van der Waals surface area contributed by atoms with Gasteiger partial charge in [0.05, 0.1) is 12.0 Å². The fourth-order valence-electron chi connectivity index (χ4n) is 1.43. The van der Waals surface area contributed by atoms with E-state index in [0.29, 0.717) is 0 Å². The molecule has 96 valence electrons. The number of unbranched alkanes of at least 4 members (excludes halogenated alkanes) is 1. The number of aryl methyl sites for hydroxylation is 1. The highest BCUT2D eigenvalue weighted by Gasteiger charge is 2.10. The molecule has 6 heteroatoms. The molecular formula is C11H21BIN3O. The Bertz CT molecular complexity index is 309. The molecule has 1 rings (SSSR count). The molecule has 0 atom stereocenters. The van der Waals surface area contributed by atoms with Gasteiger partial charge >= 0.3 is 4.91 Å². The van der Waals surface area contributed by atoms with E-state index >= 15 is 0 Å². The lowest BCUT2D eigenvalue weighted by atomic mass is 10.2. The summed E-state index contributed by atoms with van der Waals surface area (Å²) < 4.78 is 7.67. The van der Waals surface area contributed by atoms with Gasteiger partial charge in [-0.3, -0.25) is 0 Å². The molecule has 0 saturated carbocycles. The first-order chi connectivity index (χ1) is 8.26. The number of nitrogens with one attached hydrogen (secondary N) is 1. The number of hydrogen-bond acceptors (Lipinski definition) is 3. The zero-order valence-electron chi connectivity index (χ0n) is 10.7. The molecule has 4 nitrogen and oxygen atoms in total. The Labute approximate surface area is 118 Å². The normalized spacial score (nSPS) is 10.8. The van der Waals surface area contributed by atoms with E-state index in [1.807, 2.05) is 6.33 Å². The van der Waals surface area contributed by atoms with Crippen LogP contribution in [0, 0.1) is 0 Å². The van der Waals surface area contributed by atoms with Crippen LogP contribution in [0.5, 0.6) is 0 Å². The van der Waals surface area contributed by atoms with E-state index in [4.69, 9.17) is 4.65 Å². The molecule has 0 aliphatic heterocycles. The average Bonchev–Trinajstić information content (AvgIpc) is 2.79. The number of rotatable bonds is 9. The number of nitrogens with zero attached hydrogens (tertiary/aromatic N) is 2. The van der Waals surface area contributed by atoms with Crippen molar-refractivity contribution in [3.8, 4) is 0 Å². The number of aromatic nitrogens is 2. The number of halogens is 1. The van der Waals surface area contributed by atoms with Gasteiger partial charge in [-0.1, -0.05) is 42.6 Å². The SMILES string of the molecule is CCCCn1cnc(CNB(I)OCCC)c1. The predicted molar refractivity (Wildman–Crippen MR) is 80.0 cm³/mol. The van der Waals surface area contributed by atoms with E-state index in [9.17, 15) is 0 Å². The van der Waals surface area contributed by atoms with Crippen LogP contribution in [0.25, 0.3) is 0 Å². The second-order valence-corrected chi connectivity index (χ2v) is 5.16. The van der Waals surface area contributed by atoms with Crippen molar-refractivity contribution >= 4 is 27.3 Å². The molecule has 17 heavy (non-hydrogen) atoms. The van der Waals surface area contributed by atoms with Crippen molar-refractivity contribution < 1.29 is 4.65 Å². The molecule has 1 N–H and O–H groups in total. The summed E-state index contributed by atoms with van der Waals surface area (Å²) in [6.07, 6.45) is 7.48. The second kappa shape index (κ2) is 8.94. The minimum absolute atomic E-state index is 0.0633. The van der Waals surface area contributed by atoms with Crippen LogP contribution < -0.4 is 5.23 Å². The van der Waals surface area contributed by atoms with Crippen molar-refractivity contribution in [3.63, 3.8) is 0 Å². The van der Waals surface area contributed by atoms with Crippen molar-refractivity contribution in [1.29, 1.82) is 0 Å². The van der Waals surface area contributed by atoms with Crippen molar-refractivity contribution in [2.45, 2.75) is 46.2 Å². The molecule has 0 aromatic carbocycles. The zero-order valence-corrected chi connectivity index (χ0v) is 12.8. The maximum absolute atomic E-state index is 5.53. The summed E-state index contributed by atoms with van der Waals surface area (Å²) in [4.78, 5) is 4.43. The van der Waals surface area contributed by atoms with Gasteiger partial charge in [0.15, 0.2) is 0 Å². The van der Waals surface area contributed by atoms with Crippen LogP contribution >= 0.6 is 22.4 Å². The fourth-order valence-corrected chi connectivity index (χ4v) is 1.90. The summed E-state index contributed by atoms with van der Waals surface area (Å²) in [5.41, 5.74) is 1.07. The van der Waals surface area contributed by atoms with Crippen LogP contribution in [-0.2, 0) is 17.7 Å². The fraction of sp³-hybridized carbons (Fsp3) is 0.727. The van der Waals surface area contributed by atoms with Crippen LogP contribution in [0.15, 0.2) is 12.5 Å². The summed E-state index contributed by atoms with van der Waals surface area (Å²) in [7, 11) is 0. The molecule has 0 spiro atoms. The molecule has 0 amide bonds. The van der Waals surface area contributed by atoms with E-state index in [1.165, 1.54) is 12.8 Å². The summed E-state index contributed by atoms with van der Waals surface area (Å²) in [6, 6.07) is 0. The van der Waals surface area contributed by atoms with Gasteiger partial charge in [-0.2, -0.15) is 0 Å². The Kier molecular flexibility index (Phi) is 7.88. The maximum Gasteiger partial charge on any atom is 0.454 e.